The number of aromatic nitrogens is 3. The Hall–Kier alpha value is -3.07. The number of nitrogens with one attached hydrogen (secondary N) is 1. The summed E-state index contributed by atoms with van der Waals surface area (Å²) >= 11 is 0. The molecule has 7 nitrogen and oxygen atoms in total. The lowest BCUT2D eigenvalue weighted by Gasteiger charge is -2.33. The highest BCUT2D eigenvalue weighted by Gasteiger charge is 2.36. The Labute approximate surface area is 223 Å². The Balaban J connectivity index is 1.16. The summed E-state index contributed by atoms with van der Waals surface area (Å²) in [4.78, 5) is 7.71. The molecule has 1 aliphatic carbocycles. The van der Waals surface area contributed by atoms with E-state index in [1.807, 2.05) is 18.3 Å². The van der Waals surface area contributed by atoms with Crippen molar-refractivity contribution in [1.82, 2.24) is 20.1 Å². The van der Waals surface area contributed by atoms with Crippen LogP contribution in [-0.4, -0.2) is 66.1 Å². The van der Waals surface area contributed by atoms with Crippen molar-refractivity contribution in [2.24, 2.45) is 0 Å². The lowest BCUT2D eigenvalue weighted by Crippen LogP contribution is -2.40. The maximum Gasteiger partial charge on any atom is 0.181 e. The van der Waals surface area contributed by atoms with Gasteiger partial charge in [0, 0.05) is 55.1 Å². The first-order valence-electron chi connectivity index (χ1n) is 13.7. The molecule has 4 aromatic rings. The van der Waals surface area contributed by atoms with Crippen LogP contribution in [0.4, 0.5) is 0 Å². The Morgan fingerprint density at radius 3 is 2.34 bits per heavy atom. The van der Waals surface area contributed by atoms with Crippen LogP contribution >= 0.6 is 0 Å². The molecule has 2 fully saturated rings. The van der Waals surface area contributed by atoms with Crippen LogP contribution in [0.15, 0.2) is 59.6 Å². The fourth-order valence-electron chi connectivity index (χ4n) is 5.99. The third-order valence-electron chi connectivity index (χ3n) is 8.42. The predicted molar refractivity (Wildman–Crippen MR) is 148 cm³/mol. The van der Waals surface area contributed by atoms with E-state index in [-0.39, 0.29) is 5.25 Å². The standard InChI is InChI=1S/C30H32N4O3S/c35-38(36,27-7-8-27)26-5-3-21(4-6-26)29-28-18-24(19-31-30(28)33-32-29)22-2-1-20-9-13-34(14-10-23(20)17-22)25-11-15-37-16-12-25/h1-6,17-19,25,27H,7-16H2,(H,31,32,33). The number of pyridine rings is 1. The van der Waals surface area contributed by atoms with Crippen molar-refractivity contribution in [3.63, 3.8) is 0 Å². The minimum atomic E-state index is -3.21. The average Bonchev–Trinajstić information content (AvgIpc) is 3.77. The fraction of sp³-hybridized carbons (Fsp3) is 0.400. The van der Waals surface area contributed by atoms with Gasteiger partial charge in [-0.05, 0) is 73.4 Å². The lowest BCUT2D eigenvalue weighted by atomic mass is 9.96. The van der Waals surface area contributed by atoms with E-state index >= 15 is 0 Å². The Kier molecular flexibility index (Phi) is 6.06. The molecule has 1 saturated heterocycles. The maximum atomic E-state index is 12.6. The molecule has 0 spiro atoms. The molecule has 0 bridgehead atoms. The molecule has 0 amide bonds. The Morgan fingerprint density at radius 1 is 0.842 bits per heavy atom. The average molecular weight is 529 g/mol. The number of hydrogen-bond acceptors (Lipinski definition) is 6. The molecular weight excluding hydrogens is 496 g/mol. The number of sulfone groups is 1. The summed E-state index contributed by atoms with van der Waals surface area (Å²) in [5.41, 5.74) is 7.48. The van der Waals surface area contributed by atoms with E-state index in [1.54, 1.807) is 12.1 Å². The van der Waals surface area contributed by atoms with Crippen molar-refractivity contribution in [2.45, 2.75) is 54.7 Å². The molecule has 0 unspecified atom stereocenters. The number of rotatable bonds is 5. The van der Waals surface area contributed by atoms with Crippen LogP contribution in [0.1, 0.15) is 36.8 Å². The molecule has 196 valence electrons. The quantitative estimate of drug-likeness (QED) is 0.400. The molecule has 4 heterocycles. The van der Waals surface area contributed by atoms with Gasteiger partial charge < -0.3 is 4.74 Å². The van der Waals surface area contributed by atoms with Crippen molar-refractivity contribution in [2.75, 3.05) is 26.3 Å². The molecule has 1 saturated carbocycles. The summed E-state index contributed by atoms with van der Waals surface area (Å²) in [5, 5.41) is 8.28. The van der Waals surface area contributed by atoms with E-state index in [1.165, 1.54) is 11.1 Å². The second-order valence-electron chi connectivity index (χ2n) is 10.8. The number of H-pyrrole nitrogens is 1. The van der Waals surface area contributed by atoms with Crippen molar-refractivity contribution in [3.05, 3.63) is 65.9 Å². The summed E-state index contributed by atoms with van der Waals surface area (Å²) in [6.45, 7) is 3.97. The third kappa shape index (κ3) is 4.44. The molecule has 8 heteroatoms. The molecule has 38 heavy (non-hydrogen) atoms. The van der Waals surface area contributed by atoms with E-state index in [4.69, 9.17) is 4.74 Å². The molecule has 3 aliphatic rings. The largest absolute Gasteiger partial charge is 0.381 e. The Morgan fingerprint density at radius 2 is 1.58 bits per heavy atom. The number of aromatic amines is 1. The van der Waals surface area contributed by atoms with Crippen LogP contribution in [0.5, 0.6) is 0 Å². The van der Waals surface area contributed by atoms with Gasteiger partial charge in [0.05, 0.1) is 10.1 Å². The molecule has 7 rings (SSSR count). The van der Waals surface area contributed by atoms with Gasteiger partial charge in [0.15, 0.2) is 15.5 Å². The minimum Gasteiger partial charge on any atom is -0.381 e. The van der Waals surface area contributed by atoms with E-state index in [0.29, 0.717) is 10.9 Å². The van der Waals surface area contributed by atoms with Gasteiger partial charge in [-0.25, -0.2) is 13.4 Å². The zero-order valence-electron chi connectivity index (χ0n) is 21.4. The molecule has 1 N–H and O–H groups in total. The van der Waals surface area contributed by atoms with E-state index in [9.17, 15) is 8.42 Å². The molecule has 0 atom stereocenters. The van der Waals surface area contributed by atoms with E-state index < -0.39 is 9.84 Å². The van der Waals surface area contributed by atoms with Gasteiger partial charge in [-0.3, -0.25) is 10.00 Å². The van der Waals surface area contributed by atoms with Gasteiger partial charge in [0.2, 0.25) is 0 Å². The monoisotopic (exact) mass is 528 g/mol. The van der Waals surface area contributed by atoms with Crippen molar-refractivity contribution < 1.29 is 13.2 Å². The van der Waals surface area contributed by atoms with Gasteiger partial charge in [-0.1, -0.05) is 30.3 Å². The summed E-state index contributed by atoms with van der Waals surface area (Å²) in [7, 11) is -3.21. The SMILES string of the molecule is O=S(=O)(c1ccc(-c2n[nH]c3ncc(-c4ccc5c(c4)CCN(C4CCOCC4)CC5)cc23)cc1)C1CC1. The topological polar surface area (TPSA) is 88.2 Å². The molecule has 0 radical (unpaired) electrons. The molecular formula is C30H32N4O3S. The van der Waals surface area contributed by atoms with Crippen LogP contribution in [0, 0.1) is 0 Å². The highest BCUT2D eigenvalue weighted by molar-refractivity contribution is 7.92. The van der Waals surface area contributed by atoms with Gasteiger partial charge >= 0.3 is 0 Å². The highest BCUT2D eigenvalue weighted by Crippen LogP contribution is 2.35. The van der Waals surface area contributed by atoms with Crippen LogP contribution in [0.3, 0.4) is 0 Å². The smallest absolute Gasteiger partial charge is 0.181 e. The van der Waals surface area contributed by atoms with Crippen LogP contribution in [-0.2, 0) is 27.4 Å². The van der Waals surface area contributed by atoms with Gasteiger partial charge in [0.1, 0.15) is 5.69 Å². The van der Waals surface area contributed by atoms with Crippen LogP contribution in [0.2, 0.25) is 0 Å². The minimum absolute atomic E-state index is 0.211. The Bertz CT molecular complexity index is 1590. The predicted octanol–water partition coefficient (Wildman–Crippen LogP) is 4.81. The summed E-state index contributed by atoms with van der Waals surface area (Å²) < 4.78 is 30.8. The van der Waals surface area contributed by atoms with Crippen molar-refractivity contribution in [3.8, 4) is 22.4 Å². The number of fused-ring (bicyclic) bond motifs is 2. The third-order valence-corrected chi connectivity index (χ3v) is 10.7. The first kappa shape index (κ1) is 24.0. The number of ether oxygens (including phenoxy) is 1. The second-order valence-corrected chi connectivity index (χ2v) is 13.1. The van der Waals surface area contributed by atoms with E-state index in [0.717, 1.165) is 98.2 Å². The molecule has 2 aromatic heterocycles. The number of benzene rings is 2. The number of hydrogen-bond donors (Lipinski definition) is 1. The van der Waals surface area contributed by atoms with Crippen molar-refractivity contribution >= 4 is 20.9 Å². The summed E-state index contributed by atoms with van der Waals surface area (Å²) in [5.74, 6) is 0. The number of nitrogens with zero attached hydrogens (tertiary/aromatic N) is 3. The molecule has 2 aromatic carbocycles. The maximum absolute atomic E-state index is 12.6. The highest BCUT2D eigenvalue weighted by atomic mass is 32.2. The summed E-state index contributed by atoms with van der Waals surface area (Å²) in [6.07, 6.45) is 7.85. The van der Waals surface area contributed by atoms with Crippen molar-refractivity contribution in [1.29, 1.82) is 0 Å². The van der Waals surface area contributed by atoms with Gasteiger partial charge in [-0.2, -0.15) is 5.10 Å². The second kappa shape index (κ2) is 9.59. The zero-order chi connectivity index (χ0) is 25.7. The van der Waals surface area contributed by atoms with E-state index in [2.05, 4.69) is 44.3 Å². The fourth-order valence-corrected chi connectivity index (χ4v) is 7.65. The normalized spacial score (nSPS) is 19.4. The zero-order valence-corrected chi connectivity index (χ0v) is 22.2. The van der Waals surface area contributed by atoms with Crippen LogP contribution in [0.25, 0.3) is 33.4 Å². The van der Waals surface area contributed by atoms with Crippen LogP contribution < -0.4 is 0 Å². The first-order chi connectivity index (χ1) is 18.6. The summed E-state index contributed by atoms with van der Waals surface area (Å²) in [6, 6.07) is 16.7. The first-order valence-corrected chi connectivity index (χ1v) is 15.2. The molecule has 2 aliphatic heterocycles. The van der Waals surface area contributed by atoms with Gasteiger partial charge in [-0.15, -0.1) is 0 Å². The lowest BCUT2D eigenvalue weighted by molar-refractivity contribution is 0.0355. The van der Waals surface area contributed by atoms with Gasteiger partial charge in [0.25, 0.3) is 0 Å².